The van der Waals surface area contributed by atoms with Crippen molar-refractivity contribution < 1.29 is 17.6 Å². The largest absolute Gasteiger partial charge is 0.404 e. The van der Waals surface area contributed by atoms with Gasteiger partial charge in [0.15, 0.2) is 5.01 Å². The highest BCUT2D eigenvalue weighted by Gasteiger charge is 2.51. The fourth-order valence-corrected chi connectivity index (χ4v) is 6.86. The molecule has 5 rings (SSSR count). The van der Waals surface area contributed by atoms with E-state index in [0.717, 1.165) is 5.57 Å². The van der Waals surface area contributed by atoms with E-state index in [9.17, 15) is 17.6 Å². The van der Waals surface area contributed by atoms with Crippen molar-refractivity contribution in [1.82, 2.24) is 14.3 Å². The Morgan fingerprint density at radius 1 is 1.22 bits per heavy atom. The minimum Gasteiger partial charge on any atom is -0.404 e. The van der Waals surface area contributed by atoms with Crippen molar-refractivity contribution in [2.75, 3.05) is 13.1 Å². The zero-order valence-corrected chi connectivity index (χ0v) is 21.7. The second-order valence-electron chi connectivity index (χ2n) is 8.67. The topological polar surface area (TPSA) is 119 Å². The number of pyridine rings is 1. The molecule has 1 fully saturated rings. The number of piperidine rings is 1. The van der Waals surface area contributed by atoms with Crippen LogP contribution in [0.5, 0.6) is 0 Å². The maximum atomic E-state index is 13.9. The third kappa shape index (κ3) is 4.75. The van der Waals surface area contributed by atoms with Crippen LogP contribution in [0.25, 0.3) is 0 Å². The van der Waals surface area contributed by atoms with E-state index in [1.807, 2.05) is 0 Å². The molecule has 2 N–H and O–H groups in total. The number of fused-ring (bicyclic) bond motifs is 1. The van der Waals surface area contributed by atoms with E-state index < -0.39 is 15.4 Å². The summed E-state index contributed by atoms with van der Waals surface area (Å²) in [6, 6.07) is 8.53. The number of hydrogen-bond acceptors (Lipinski definition) is 8. The van der Waals surface area contributed by atoms with E-state index in [-0.39, 0.29) is 46.2 Å². The maximum absolute atomic E-state index is 13.9. The molecule has 1 aliphatic carbocycles. The van der Waals surface area contributed by atoms with Crippen LogP contribution in [0, 0.1) is 11.2 Å². The highest BCUT2D eigenvalue weighted by Crippen LogP contribution is 2.48. The van der Waals surface area contributed by atoms with Crippen molar-refractivity contribution in [3.05, 3.63) is 93.6 Å². The van der Waals surface area contributed by atoms with Gasteiger partial charge < -0.3 is 5.73 Å². The number of carbonyl (C=O) groups is 1. The van der Waals surface area contributed by atoms with Crippen LogP contribution < -0.4 is 5.73 Å². The number of ketones is 1. The molecule has 1 aromatic carbocycles. The zero-order valence-electron chi connectivity index (χ0n) is 19.3. The monoisotopic (exact) mass is 557 g/mol. The number of aromatic nitrogens is 2. The van der Waals surface area contributed by atoms with Gasteiger partial charge >= 0.3 is 0 Å². The number of nitrogens with two attached hydrogens (primary N) is 1. The van der Waals surface area contributed by atoms with Gasteiger partial charge in [0.1, 0.15) is 15.9 Å². The quantitative estimate of drug-likeness (QED) is 0.363. The maximum Gasteiger partial charge on any atom is 0.244 e. The van der Waals surface area contributed by atoms with Crippen LogP contribution in [-0.2, 0) is 10.0 Å². The molecule has 1 aliphatic heterocycles. The number of aliphatic imine (C=N–C) groups is 1. The van der Waals surface area contributed by atoms with Crippen LogP contribution in [-0.4, -0.2) is 47.3 Å². The number of thiazole rings is 1. The number of halogens is 2. The summed E-state index contributed by atoms with van der Waals surface area (Å²) >= 11 is 7.04. The minimum absolute atomic E-state index is 0.00913. The van der Waals surface area contributed by atoms with E-state index in [1.54, 1.807) is 29.8 Å². The summed E-state index contributed by atoms with van der Waals surface area (Å²) in [5, 5.41) is 2.17. The second-order valence-corrected chi connectivity index (χ2v) is 11.9. The molecule has 0 amide bonds. The number of nitrogens with zero attached hydrogens (tertiary/aromatic N) is 4. The molecule has 0 bridgehead atoms. The summed E-state index contributed by atoms with van der Waals surface area (Å²) in [6.45, 7) is 0.0680. The van der Waals surface area contributed by atoms with Crippen LogP contribution >= 0.6 is 22.9 Å². The summed E-state index contributed by atoms with van der Waals surface area (Å²) in [5.41, 5.74) is 7.18. The smallest absolute Gasteiger partial charge is 0.244 e. The molecular formula is C25H21ClFN5O3S2. The lowest BCUT2D eigenvalue weighted by molar-refractivity contribution is 0.0776. The second kappa shape index (κ2) is 9.90. The van der Waals surface area contributed by atoms with Crippen LogP contribution in [0.3, 0.4) is 0 Å². The molecule has 190 valence electrons. The van der Waals surface area contributed by atoms with Crippen molar-refractivity contribution in [3.63, 3.8) is 0 Å². The van der Waals surface area contributed by atoms with Crippen molar-refractivity contribution in [1.29, 1.82) is 0 Å². The third-order valence-corrected chi connectivity index (χ3v) is 9.32. The lowest BCUT2D eigenvalue weighted by atomic mass is 9.65. The predicted octanol–water partition coefficient (Wildman–Crippen LogP) is 4.54. The van der Waals surface area contributed by atoms with Crippen LogP contribution in [0.15, 0.2) is 87.5 Å². The van der Waals surface area contributed by atoms with Gasteiger partial charge in [-0.05, 0) is 67.1 Å². The van der Waals surface area contributed by atoms with E-state index in [2.05, 4.69) is 15.0 Å². The molecular weight excluding hydrogens is 537 g/mol. The van der Waals surface area contributed by atoms with Crippen molar-refractivity contribution in [3.8, 4) is 0 Å². The first-order valence-corrected chi connectivity index (χ1v) is 14.0. The van der Waals surface area contributed by atoms with Crippen molar-refractivity contribution >= 4 is 50.1 Å². The SMILES string of the molecule is N/C=C1/C[C@]2(C(=O)c3nccs3)CN(S(=O)(=O)c3ccc(Cl)nc3)CCC2=CC1=Nc1ccc(F)cc1. The molecule has 0 unspecified atom stereocenters. The molecule has 12 heteroatoms. The van der Waals surface area contributed by atoms with Gasteiger partial charge in [0, 0.05) is 30.9 Å². The molecule has 3 aromatic rings. The molecule has 0 radical (unpaired) electrons. The normalized spacial score (nSPS) is 22.6. The molecule has 2 aliphatic rings. The van der Waals surface area contributed by atoms with E-state index in [1.165, 1.54) is 52.3 Å². The average Bonchev–Trinajstić information content (AvgIpc) is 3.44. The van der Waals surface area contributed by atoms with E-state index in [4.69, 9.17) is 17.3 Å². The third-order valence-electron chi connectivity index (χ3n) is 6.50. The molecule has 3 heterocycles. The van der Waals surface area contributed by atoms with Crippen LogP contribution in [0.1, 0.15) is 22.6 Å². The number of sulfonamides is 1. The van der Waals surface area contributed by atoms with E-state index >= 15 is 0 Å². The number of allylic oxidation sites excluding steroid dienone is 2. The standard InChI is InChI=1S/C25H21ClFN5O3S2/c26-22-6-5-20(14-30-22)37(34,35)32-9-7-17-11-21(31-19-3-1-18(27)2-4-19)16(13-28)12-25(17,15-32)23(33)24-29-8-10-36-24/h1-6,8,10-11,13-14H,7,9,12,15,28H2/b16-13-,31-21?/t25-/m0/s1. The number of Topliss-reactive ketones (excluding diaryl/α,β-unsaturated/α-hetero) is 1. The van der Waals surface area contributed by atoms with Gasteiger partial charge in [0.2, 0.25) is 15.8 Å². The summed E-state index contributed by atoms with van der Waals surface area (Å²) in [5.74, 6) is -0.652. The molecule has 37 heavy (non-hydrogen) atoms. The molecule has 2 aromatic heterocycles. The Labute approximate surface area is 222 Å². The molecule has 1 saturated heterocycles. The lowest BCUT2D eigenvalue weighted by Gasteiger charge is -2.45. The van der Waals surface area contributed by atoms with Crippen LogP contribution in [0.4, 0.5) is 10.1 Å². The van der Waals surface area contributed by atoms with Gasteiger partial charge in [-0.15, -0.1) is 11.3 Å². The molecule has 8 nitrogen and oxygen atoms in total. The Morgan fingerprint density at radius 3 is 2.65 bits per heavy atom. The molecule has 0 saturated carbocycles. The highest BCUT2D eigenvalue weighted by molar-refractivity contribution is 7.89. The van der Waals surface area contributed by atoms with Crippen molar-refractivity contribution in [2.24, 2.45) is 16.1 Å². The highest BCUT2D eigenvalue weighted by atomic mass is 35.5. The summed E-state index contributed by atoms with van der Waals surface area (Å²) < 4.78 is 41.7. The number of rotatable bonds is 5. The summed E-state index contributed by atoms with van der Waals surface area (Å²) in [6.07, 6.45) is 6.36. The predicted molar refractivity (Wildman–Crippen MR) is 140 cm³/mol. The summed E-state index contributed by atoms with van der Waals surface area (Å²) in [7, 11) is -3.96. The first kappa shape index (κ1) is 25.4. The van der Waals surface area contributed by atoms with Gasteiger partial charge in [-0.1, -0.05) is 17.2 Å². The average molecular weight is 558 g/mol. The van der Waals surface area contributed by atoms with Gasteiger partial charge in [0.25, 0.3) is 0 Å². The fourth-order valence-electron chi connectivity index (χ4n) is 4.63. The Morgan fingerprint density at radius 2 is 2.00 bits per heavy atom. The molecule has 0 spiro atoms. The first-order chi connectivity index (χ1) is 17.7. The number of benzene rings is 1. The van der Waals surface area contributed by atoms with E-state index in [0.29, 0.717) is 23.4 Å². The Kier molecular flexibility index (Phi) is 6.80. The van der Waals surface area contributed by atoms with Gasteiger partial charge in [0.05, 0.1) is 16.8 Å². The summed E-state index contributed by atoms with van der Waals surface area (Å²) in [4.78, 5) is 26.7. The first-order valence-electron chi connectivity index (χ1n) is 11.3. The lowest BCUT2D eigenvalue weighted by Crippen LogP contribution is -2.53. The van der Waals surface area contributed by atoms with Crippen LogP contribution in [0.2, 0.25) is 5.15 Å². The van der Waals surface area contributed by atoms with Gasteiger partial charge in [-0.25, -0.2) is 27.8 Å². The Balaban J connectivity index is 1.60. The van der Waals surface area contributed by atoms with Crippen molar-refractivity contribution in [2.45, 2.75) is 17.7 Å². The minimum atomic E-state index is -3.96. The van der Waals surface area contributed by atoms with Gasteiger partial charge in [-0.2, -0.15) is 4.31 Å². The Bertz CT molecular complexity index is 1540. The Hall–Kier alpha value is -3.25. The number of carbonyl (C=O) groups excluding carboxylic acids is 1. The number of hydrogen-bond donors (Lipinski definition) is 1. The molecule has 1 atom stereocenters. The van der Waals surface area contributed by atoms with Gasteiger partial charge in [-0.3, -0.25) is 4.79 Å². The zero-order chi connectivity index (χ0) is 26.2. The fraction of sp³-hybridized carbons (Fsp3) is 0.200.